The topological polar surface area (TPSA) is 45.2 Å². The molecule has 0 N–H and O–H groups in total. The van der Waals surface area contributed by atoms with Gasteiger partial charge in [0.25, 0.3) is 0 Å². The van der Waals surface area contributed by atoms with Gasteiger partial charge in [-0.1, -0.05) is 23.2 Å². The third-order valence-electron chi connectivity index (χ3n) is 2.96. The first-order valence-electron chi connectivity index (χ1n) is 5.15. The Labute approximate surface area is 113 Å². The van der Waals surface area contributed by atoms with Crippen LogP contribution in [0, 0.1) is 5.39 Å². The molecule has 0 fully saturated rings. The Bertz CT molecular complexity index is 747. The van der Waals surface area contributed by atoms with E-state index in [2.05, 4.69) is 4.98 Å². The van der Waals surface area contributed by atoms with E-state index in [4.69, 9.17) is 28.6 Å². The summed E-state index contributed by atoms with van der Waals surface area (Å²) < 4.78 is 0. The minimum Gasteiger partial charge on any atom is -0.289 e. The number of ketones is 1. The standard InChI is InChI=1S/C13H5Cl2N2O/c14-6-1-2-7-8(3-6)9-4-11(15)12(17-16)5-10(9)13(7)18/h1-5H/q+1. The van der Waals surface area contributed by atoms with E-state index in [1.807, 2.05) is 0 Å². The van der Waals surface area contributed by atoms with Crippen molar-refractivity contribution in [2.24, 2.45) is 0 Å². The quantitative estimate of drug-likeness (QED) is 0.559. The molecular weight excluding hydrogens is 271 g/mol. The Balaban J connectivity index is 2.36. The van der Waals surface area contributed by atoms with Crippen molar-refractivity contribution in [3.63, 3.8) is 0 Å². The molecule has 0 heterocycles. The maximum Gasteiger partial charge on any atom is 0.404 e. The van der Waals surface area contributed by atoms with Crippen LogP contribution in [0.2, 0.25) is 10.0 Å². The van der Waals surface area contributed by atoms with Crippen LogP contribution in [0.15, 0.2) is 30.3 Å². The highest BCUT2D eigenvalue weighted by Crippen LogP contribution is 2.42. The number of benzene rings is 2. The third-order valence-corrected chi connectivity index (χ3v) is 3.49. The Kier molecular flexibility index (Phi) is 2.37. The van der Waals surface area contributed by atoms with E-state index in [1.54, 1.807) is 24.3 Å². The van der Waals surface area contributed by atoms with Crippen molar-refractivity contribution in [1.29, 1.82) is 5.39 Å². The third kappa shape index (κ3) is 1.43. The van der Waals surface area contributed by atoms with E-state index in [0.717, 1.165) is 11.1 Å². The summed E-state index contributed by atoms with van der Waals surface area (Å²) in [6, 6.07) is 8.18. The molecule has 18 heavy (non-hydrogen) atoms. The number of carbonyl (C=O) groups excluding carboxylic acids is 1. The van der Waals surface area contributed by atoms with Gasteiger partial charge in [0.1, 0.15) is 5.02 Å². The zero-order chi connectivity index (χ0) is 12.9. The Morgan fingerprint density at radius 1 is 0.944 bits per heavy atom. The molecule has 5 heteroatoms. The van der Waals surface area contributed by atoms with E-state index in [-0.39, 0.29) is 16.5 Å². The number of halogens is 2. The van der Waals surface area contributed by atoms with E-state index in [9.17, 15) is 4.79 Å². The van der Waals surface area contributed by atoms with Crippen molar-refractivity contribution in [3.05, 3.63) is 56.5 Å². The van der Waals surface area contributed by atoms with Crippen LogP contribution < -0.4 is 0 Å². The highest BCUT2D eigenvalue weighted by Gasteiger charge is 2.30. The molecule has 0 atom stereocenters. The molecule has 1 aliphatic rings. The zero-order valence-corrected chi connectivity index (χ0v) is 10.5. The molecule has 0 saturated heterocycles. The Morgan fingerprint density at radius 3 is 2.39 bits per heavy atom. The highest BCUT2D eigenvalue weighted by atomic mass is 35.5. The van der Waals surface area contributed by atoms with Gasteiger partial charge in [0.15, 0.2) is 10.8 Å². The van der Waals surface area contributed by atoms with Crippen molar-refractivity contribution >= 4 is 34.7 Å². The lowest BCUT2D eigenvalue weighted by Crippen LogP contribution is -1.94. The van der Waals surface area contributed by atoms with Gasteiger partial charge in [0.2, 0.25) is 5.39 Å². The molecule has 1 aliphatic carbocycles. The van der Waals surface area contributed by atoms with Crippen LogP contribution in [0.5, 0.6) is 0 Å². The monoisotopic (exact) mass is 275 g/mol. The van der Waals surface area contributed by atoms with Crippen molar-refractivity contribution in [2.45, 2.75) is 0 Å². The predicted octanol–water partition coefficient (Wildman–Crippen LogP) is 4.69. The first-order valence-corrected chi connectivity index (χ1v) is 5.90. The molecule has 0 saturated carbocycles. The molecule has 0 unspecified atom stereocenters. The number of rotatable bonds is 0. The zero-order valence-electron chi connectivity index (χ0n) is 8.95. The summed E-state index contributed by atoms with van der Waals surface area (Å²) in [5.41, 5.74) is 2.72. The van der Waals surface area contributed by atoms with Crippen molar-refractivity contribution in [3.8, 4) is 11.1 Å². The summed E-state index contributed by atoms with van der Waals surface area (Å²) in [7, 11) is 0. The fourth-order valence-electron chi connectivity index (χ4n) is 2.13. The average molecular weight is 276 g/mol. The van der Waals surface area contributed by atoms with E-state index < -0.39 is 0 Å². The molecular formula is C13H5Cl2N2O+. The highest BCUT2D eigenvalue weighted by molar-refractivity contribution is 6.35. The first kappa shape index (κ1) is 11.2. The molecule has 3 nitrogen and oxygen atoms in total. The average Bonchev–Trinajstić information content (AvgIpc) is 2.61. The maximum absolute atomic E-state index is 12.2. The predicted molar refractivity (Wildman–Crippen MR) is 70.1 cm³/mol. The molecule has 2 aromatic rings. The molecule has 0 radical (unpaired) electrons. The molecule has 0 aliphatic heterocycles. The van der Waals surface area contributed by atoms with Gasteiger partial charge in [-0.05, 0) is 35.4 Å². The van der Waals surface area contributed by atoms with Gasteiger partial charge in [-0.3, -0.25) is 4.79 Å². The van der Waals surface area contributed by atoms with Crippen LogP contribution in [0.4, 0.5) is 5.69 Å². The lowest BCUT2D eigenvalue weighted by molar-refractivity contribution is 0.104. The summed E-state index contributed by atoms with van der Waals surface area (Å²) in [6.45, 7) is 0. The van der Waals surface area contributed by atoms with Crippen LogP contribution >= 0.6 is 23.2 Å². The number of carbonyl (C=O) groups is 1. The fourth-order valence-corrected chi connectivity index (χ4v) is 2.51. The largest absolute Gasteiger partial charge is 0.404 e. The molecule has 3 rings (SSSR count). The van der Waals surface area contributed by atoms with E-state index in [0.29, 0.717) is 16.1 Å². The van der Waals surface area contributed by atoms with Crippen molar-refractivity contribution in [1.82, 2.24) is 0 Å². The lowest BCUT2D eigenvalue weighted by atomic mass is 10.1. The molecule has 86 valence electrons. The van der Waals surface area contributed by atoms with Crippen molar-refractivity contribution < 1.29 is 4.79 Å². The van der Waals surface area contributed by atoms with Gasteiger partial charge in [-0.15, -0.1) is 0 Å². The Hall–Kier alpha value is -1.89. The second-order valence-electron chi connectivity index (χ2n) is 3.97. The molecule has 0 aromatic heterocycles. The van der Waals surface area contributed by atoms with Crippen LogP contribution in [-0.2, 0) is 0 Å². The SMILES string of the molecule is N#[N+]c1cc2c(cc1Cl)-c1cc(Cl)ccc1C2=O. The second kappa shape index (κ2) is 3.81. The van der Waals surface area contributed by atoms with Gasteiger partial charge in [-0.25, -0.2) is 0 Å². The summed E-state index contributed by atoms with van der Waals surface area (Å²) in [4.78, 5) is 15.2. The second-order valence-corrected chi connectivity index (χ2v) is 4.81. The first-order chi connectivity index (χ1) is 8.61. The molecule has 0 bridgehead atoms. The van der Waals surface area contributed by atoms with Crippen LogP contribution in [0.1, 0.15) is 15.9 Å². The lowest BCUT2D eigenvalue weighted by Gasteiger charge is -1.99. The minimum absolute atomic E-state index is 0.113. The number of hydrogen-bond acceptors (Lipinski definition) is 2. The Morgan fingerprint density at radius 2 is 1.67 bits per heavy atom. The van der Waals surface area contributed by atoms with Gasteiger partial charge in [0.05, 0.1) is 0 Å². The van der Waals surface area contributed by atoms with Gasteiger partial charge in [0, 0.05) is 22.2 Å². The van der Waals surface area contributed by atoms with Gasteiger partial charge >= 0.3 is 5.69 Å². The van der Waals surface area contributed by atoms with Crippen molar-refractivity contribution in [2.75, 3.05) is 0 Å². The molecule has 0 amide bonds. The summed E-state index contributed by atoms with van der Waals surface area (Å²) in [5.74, 6) is -0.113. The normalized spacial score (nSPS) is 11.9. The minimum atomic E-state index is -0.113. The van der Waals surface area contributed by atoms with E-state index >= 15 is 0 Å². The smallest absolute Gasteiger partial charge is 0.289 e. The summed E-state index contributed by atoms with van der Waals surface area (Å²) in [5, 5.41) is 9.65. The summed E-state index contributed by atoms with van der Waals surface area (Å²) in [6.07, 6.45) is 0. The fraction of sp³-hybridized carbons (Fsp3) is 0. The number of fused-ring (bicyclic) bond motifs is 3. The van der Waals surface area contributed by atoms with Gasteiger partial charge in [-0.2, -0.15) is 0 Å². The molecule has 0 spiro atoms. The number of hydrogen-bond donors (Lipinski definition) is 0. The summed E-state index contributed by atoms with van der Waals surface area (Å²) >= 11 is 11.9. The van der Waals surface area contributed by atoms with Crippen LogP contribution in [-0.4, -0.2) is 5.78 Å². The molecule has 2 aromatic carbocycles. The number of diazo groups is 1. The van der Waals surface area contributed by atoms with Crippen LogP contribution in [0.3, 0.4) is 0 Å². The number of nitrogens with zero attached hydrogens (tertiary/aromatic N) is 2. The van der Waals surface area contributed by atoms with Gasteiger partial charge < -0.3 is 0 Å². The van der Waals surface area contributed by atoms with E-state index in [1.165, 1.54) is 6.07 Å². The maximum atomic E-state index is 12.2. The van der Waals surface area contributed by atoms with Crippen LogP contribution in [0.25, 0.3) is 16.1 Å².